The van der Waals surface area contributed by atoms with E-state index >= 15 is 0 Å². The monoisotopic (exact) mass is 261 g/mol. The Hall–Kier alpha value is -1.68. The molecule has 0 saturated heterocycles. The van der Waals surface area contributed by atoms with Gasteiger partial charge in [0.1, 0.15) is 5.75 Å². The SMILES string of the molecule is COc1ccc(-n2cc(CS)c(=O)cc2C)cc1. The molecule has 2 rings (SSSR count). The van der Waals surface area contributed by atoms with Gasteiger partial charge in [0.25, 0.3) is 0 Å². The maximum atomic E-state index is 11.7. The molecule has 2 aromatic rings. The second kappa shape index (κ2) is 5.31. The van der Waals surface area contributed by atoms with Crippen LogP contribution in [0, 0.1) is 6.92 Å². The van der Waals surface area contributed by atoms with E-state index in [0.717, 1.165) is 17.1 Å². The van der Waals surface area contributed by atoms with Crippen molar-refractivity contribution in [2.75, 3.05) is 7.11 Å². The Kier molecular flexibility index (Phi) is 3.77. The number of nitrogens with zero attached hydrogens (tertiary/aromatic N) is 1. The predicted octanol–water partition coefficient (Wildman–Crippen LogP) is 2.58. The molecule has 0 spiro atoms. The normalized spacial score (nSPS) is 10.4. The summed E-state index contributed by atoms with van der Waals surface area (Å²) in [6, 6.07) is 9.34. The lowest BCUT2D eigenvalue weighted by Gasteiger charge is -2.12. The Morgan fingerprint density at radius 2 is 1.94 bits per heavy atom. The summed E-state index contributed by atoms with van der Waals surface area (Å²) in [5.41, 5.74) is 2.62. The highest BCUT2D eigenvalue weighted by molar-refractivity contribution is 7.79. The number of pyridine rings is 1. The van der Waals surface area contributed by atoms with E-state index < -0.39 is 0 Å². The van der Waals surface area contributed by atoms with Crippen LogP contribution in [0.3, 0.4) is 0 Å². The molecule has 0 radical (unpaired) electrons. The highest BCUT2D eigenvalue weighted by Gasteiger charge is 2.04. The van der Waals surface area contributed by atoms with E-state index in [9.17, 15) is 4.79 Å². The first-order chi connectivity index (χ1) is 8.65. The summed E-state index contributed by atoms with van der Waals surface area (Å²) in [6.07, 6.45) is 1.84. The van der Waals surface area contributed by atoms with Gasteiger partial charge in [0, 0.05) is 35.0 Å². The molecule has 0 amide bonds. The first-order valence-corrected chi connectivity index (χ1v) is 6.26. The average molecular weight is 261 g/mol. The van der Waals surface area contributed by atoms with Crippen molar-refractivity contribution in [2.24, 2.45) is 0 Å². The van der Waals surface area contributed by atoms with Gasteiger partial charge in [-0.25, -0.2) is 0 Å². The number of aryl methyl sites for hydroxylation is 1. The molecule has 0 bridgehead atoms. The van der Waals surface area contributed by atoms with Crippen LogP contribution in [0.2, 0.25) is 0 Å². The maximum Gasteiger partial charge on any atom is 0.185 e. The number of benzene rings is 1. The highest BCUT2D eigenvalue weighted by atomic mass is 32.1. The summed E-state index contributed by atoms with van der Waals surface area (Å²) < 4.78 is 7.11. The van der Waals surface area contributed by atoms with Gasteiger partial charge >= 0.3 is 0 Å². The van der Waals surface area contributed by atoms with Crippen molar-refractivity contribution in [3.8, 4) is 11.4 Å². The third kappa shape index (κ3) is 2.43. The fraction of sp³-hybridized carbons (Fsp3) is 0.214. The summed E-state index contributed by atoms with van der Waals surface area (Å²) in [6.45, 7) is 1.91. The Labute approximate surface area is 111 Å². The Balaban J connectivity index is 2.52. The van der Waals surface area contributed by atoms with E-state index in [1.54, 1.807) is 13.2 Å². The molecule has 0 saturated carbocycles. The Morgan fingerprint density at radius 3 is 2.50 bits per heavy atom. The first kappa shape index (κ1) is 12.8. The number of methoxy groups -OCH3 is 1. The van der Waals surface area contributed by atoms with E-state index in [4.69, 9.17) is 4.74 Å². The van der Waals surface area contributed by atoms with Crippen LogP contribution in [0.1, 0.15) is 11.3 Å². The molecule has 1 heterocycles. The van der Waals surface area contributed by atoms with E-state index in [1.165, 1.54) is 0 Å². The number of ether oxygens (including phenoxy) is 1. The molecule has 0 aliphatic heterocycles. The standard InChI is InChI=1S/C14H15NO2S/c1-10-7-14(16)11(9-18)8-15(10)12-3-5-13(17-2)6-4-12/h3-8,18H,9H2,1-2H3. The van der Waals surface area contributed by atoms with Crippen LogP contribution in [0.15, 0.2) is 41.3 Å². The summed E-state index contributed by atoms with van der Waals surface area (Å²) >= 11 is 4.17. The van der Waals surface area contributed by atoms with E-state index in [2.05, 4.69) is 12.6 Å². The smallest absolute Gasteiger partial charge is 0.185 e. The molecule has 4 heteroatoms. The summed E-state index contributed by atoms with van der Waals surface area (Å²) in [5.74, 6) is 1.25. The second-order valence-electron chi connectivity index (χ2n) is 4.03. The van der Waals surface area contributed by atoms with Crippen LogP contribution in [0.5, 0.6) is 5.75 Å². The third-order valence-electron chi connectivity index (χ3n) is 2.84. The zero-order valence-electron chi connectivity index (χ0n) is 10.4. The number of thiol groups is 1. The third-order valence-corrected chi connectivity index (χ3v) is 3.18. The van der Waals surface area contributed by atoms with Gasteiger partial charge in [0.05, 0.1) is 7.11 Å². The van der Waals surface area contributed by atoms with Gasteiger partial charge in [0.2, 0.25) is 0 Å². The summed E-state index contributed by atoms with van der Waals surface area (Å²) in [5, 5.41) is 0. The van der Waals surface area contributed by atoms with Crippen molar-refractivity contribution in [1.29, 1.82) is 0 Å². The summed E-state index contributed by atoms with van der Waals surface area (Å²) in [7, 11) is 1.64. The molecule has 0 atom stereocenters. The molecule has 0 aliphatic rings. The first-order valence-electron chi connectivity index (χ1n) is 5.63. The van der Waals surface area contributed by atoms with Gasteiger partial charge in [-0.3, -0.25) is 4.79 Å². The molecular weight excluding hydrogens is 246 g/mol. The molecule has 0 unspecified atom stereocenters. The lowest BCUT2D eigenvalue weighted by atomic mass is 10.2. The molecule has 0 fully saturated rings. The quantitative estimate of drug-likeness (QED) is 0.861. The van der Waals surface area contributed by atoms with Crippen LogP contribution in [-0.4, -0.2) is 11.7 Å². The van der Waals surface area contributed by atoms with Gasteiger partial charge in [-0.15, -0.1) is 0 Å². The molecular formula is C14H15NO2S. The zero-order chi connectivity index (χ0) is 13.1. The predicted molar refractivity (Wildman–Crippen MR) is 76.0 cm³/mol. The van der Waals surface area contributed by atoms with Crippen LogP contribution < -0.4 is 10.2 Å². The van der Waals surface area contributed by atoms with Crippen molar-refractivity contribution in [2.45, 2.75) is 12.7 Å². The number of hydrogen-bond acceptors (Lipinski definition) is 3. The van der Waals surface area contributed by atoms with Crippen LogP contribution in [0.25, 0.3) is 5.69 Å². The Morgan fingerprint density at radius 1 is 1.28 bits per heavy atom. The highest BCUT2D eigenvalue weighted by Crippen LogP contribution is 2.16. The molecule has 1 aromatic heterocycles. The van der Waals surface area contributed by atoms with Crippen molar-refractivity contribution in [3.63, 3.8) is 0 Å². The van der Waals surface area contributed by atoms with Crippen LogP contribution in [0.4, 0.5) is 0 Å². The largest absolute Gasteiger partial charge is 0.497 e. The molecule has 18 heavy (non-hydrogen) atoms. The van der Waals surface area contributed by atoms with Gasteiger partial charge in [0.15, 0.2) is 5.43 Å². The Bertz CT molecular complexity index is 602. The number of aromatic nitrogens is 1. The lowest BCUT2D eigenvalue weighted by Crippen LogP contribution is -2.12. The van der Waals surface area contributed by atoms with E-state index in [1.807, 2.05) is 42.0 Å². The maximum absolute atomic E-state index is 11.7. The molecule has 94 valence electrons. The van der Waals surface area contributed by atoms with Gasteiger partial charge < -0.3 is 9.30 Å². The molecule has 1 aromatic carbocycles. The summed E-state index contributed by atoms with van der Waals surface area (Å²) in [4.78, 5) is 11.7. The molecule has 0 N–H and O–H groups in total. The van der Waals surface area contributed by atoms with Gasteiger partial charge in [-0.2, -0.15) is 12.6 Å². The topological polar surface area (TPSA) is 31.2 Å². The van der Waals surface area contributed by atoms with Crippen molar-refractivity contribution >= 4 is 12.6 Å². The molecule has 3 nitrogen and oxygen atoms in total. The van der Waals surface area contributed by atoms with Crippen LogP contribution >= 0.6 is 12.6 Å². The van der Waals surface area contributed by atoms with Gasteiger partial charge in [-0.1, -0.05) is 0 Å². The lowest BCUT2D eigenvalue weighted by molar-refractivity contribution is 0.414. The number of rotatable bonds is 3. The minimum Gasteiger partial charge on any atom is -0.497 e. The minimum atomic E-state index is 0.0345. The molecule has 0 aliphatic carbocycles. The average Bonchev–Trinajstić information content (AvgIpc) is 2.39. The fourth-order valence-corrected chi connectivity index (χ4v) is 2.05. The zero-order valence-corrected chi connectivity index (χ0v) is 11.3. The van der Waals surface area contributed by atoms with Crippen LogP contribution in [-0.2, 0) is 5.75 Å². The second-order valence-corrected chi connectivity index (χ2v) is 4.35. The van der Waals surface area contributed by atoms with E-state index in [-0.39, 0.29) is 5.43 Å². The van der Waals surface area contributed by atoms with Crippen molar-refractivity contribution in [1.82, 2.24) is 4.57 Å². The van der Waals surface area contributed by atoms with Crippen molar-refractivity contribution in [3.05, 3.63) is 58.0 Å². The van der Waals surface area contributed by atoms with Gasteiger partial charge in [-0.05, 0) is 31.2 Å². The fourth-order valence-electron chi connectivity index (χ4n) is 1.81. The minimum absolute atomic E-state index is 0.0345. The van der Waals surface area contributed by atoms with Crippen molar-refractivity contribution < 1.29 is 4.74 Å². The van der Waals surface area contributed by atoms with E-state index in [0.29, 0.717) is 11.3 Å². The number of hydrogen-bond donors (Lipinski definition) is 1.